The molecular weight excluding hydrogens is 539 g/mol. The van der Waals surface area contributed by atoms with Gasteiger partial charge in [0.15, 0.2) is 5.16 Å². The number of anilines is 2. The molecule has 2 aromatic heterocycles. The summed E-state index contributed by atoms with van der Waals surface area (Å²) in [5.41, 5.74) is 3.62. The molecule has 194 valence electrons. The highest BCUT2D eigenvalue weighted by Gasteiger charge is 2.20. The van der Waals surface area contributed by atoms with Gasteiger partial charge in [-0.15, -0.1) is 0 Å². The van der Waals surface area contributed by atoms with Crippen LogP contribution in [-0.2, 0) is 12.3 Å². The van der Waals surface area contributed by atoms with Crippen LogP contribution in [0.2, 0.25) is 10.2 Å². The minimum Gasteiger partial charge on any atom is -0.368 e. The van der Waals surface area contributed by atoms with E-state index in [1.807, 2.05) is 66.7 Å². The average molecular weight is 566 g/mol. The van der Waals surface area contributed by atoms with Crippen LogP contribution in [0, 0.1) is 0 Å². The summed E-state index contributed by atoms with van der Waals surface area (Å²) >= 11 is 14.0. The van der Waals surface area contributed by atoms with E-state index < -0.39 is 0 Å². The molecule has 0 spiro atoms. The number of hydrogen-bond donors (Lipinski definition) is 1. The zero-order chi connectivity index (χ0) is 26.3. The molecule has 7 nitrogen and oxygen atoms in total. The first-order valence-electron chi connectivity index (χ1n) is 12.2. The van der Waals surface area contributed by atoms with Crippen molar-refractivity contribution in [3.05, 3.63) is 106 Å². The Morgan fingerprint density at radius 2 is 1.68 bits per heavy atom. The molecule has 1 aliphatic rings. The molecule has 1 amide bonds. The van der Waals surface area contributed by atoms with Crippen LogP contribution in [0.15, 0.2) is 84.1 Å². The van der Waals surface area contributed by atoms with Gasteiger partial charge in [0.2, 0.25) is 0 Å². The maximum Gasteiger partial charge on any atom is 0.251 e. The van der Waals surface area contributed by atoms with E-state index in [2.05, 4.69) is 31.2 Å². The van der Waals surface area contributed by atoms with E-state index in [9.17, 15) is 4.79 Å². The topological polar surface area (TPSA) is 74.2 Å². The van der Waals surface area contributed by atoms with E-state index in [1.165, 1.54) is 11.8 Å². The maximum atomic E-state index is 12.5. The van der Waals surface area contributed by atoms with E-state index in [4.69, 9.17) is 28.2 Å². The van der Waals surface area contributed by atoms with Crippen molar-refractivity contribution in [2.24, 2.45) is 0 Å². The molecule has 5 rings (SSSR count). The van der Waals surface area contributed by atoms with Gasteiger partial charge in [-0.1, -0.05) is 59.2 Å². The summed E-state index contributed by atoms with van der Waals surface area (Å²) in [5.74, 6) is 1.37. The van der Waals surface area contributed by atoms with E-state index in [1.54, 1.807) is 6.20 Å². The van der Waals surface area contributed by atoms with Crippen LogP contribution in [0.25, 0.3) is 0 Å². The number of carbonyl (C=O) groups excluding carboxylic acids is 1. The number of thioether (sulfide) groups is 1. The third-order valence-corrected chi connectivity index (χ3v) is 7.53. The first-order chi connectivity index (χ1) is 18.5. The summed E-state index contributed by atoms with van der Waals surface area (Å²) in [6.07, 6.45) is 1.71. The first kappa shape index (κ1) is 26.3. The molecule has 1 fully saturated rings. The van der Waals surface area contributed by atoms with E-state index in [0.717, 1.165) is 54.0 Å². The number of rotatable bonds is 8. The number of aromatic nitrogens is 3. The van der Waals surface area contributed by atoms with Gasteiger partial charge < -0.3 is 15.1 Å². The SMILES string of the molecule is O=C(NCc1ccccn1)c1ccc(CSc2nc(Cl)cc(N3CCN(c4cccc(Cl)c4)CC3)n2)cc1. The highest BCUT2D eigenvalue weighted by molar-refractivity contribution is 7.98. The normalized spacial score (nSPS) is 13.4. The van der Waals surface area contributed by atoms with Crippen LogP contribution in [0.3, 0.4) is 0 Å². The molecule has 1 aliphatic heterocycles. The summed E-state index contributed by atoms with van der Waals surface area (Å²) in [7, 11) is 0. The van der Waals surface area contributed by atoms with Gasteiger partial charge in [0.25, 0.3) is 5.91 Å². The number of hydrogen-bond acceptors (Lipinski definition) is 7. The molecular formula is C28H26Cl2N6OS. The van der Waals surface area contributed by atoms with Crippen molar-refractivity contribution >= 4 is 52.4 Å². The second-order valence-electron chi connectivity index (χ2n) is 8.77. The Hall–Kier alpha value is -3.33. The minimum absolute atomic E-state index is 0.131. The predicted molar refractivity (Wildman–Crippen MR) is 154 cm³/mol. The molecule has 2 aromatic carbocycles. The second kappa shape index (κ2) is 12.5. The van der Waals surface area contributed by atoms with Crippen molar-refractivity contribution < 1.29 is 4.79 Å². The predicted octanol–water partition coefficient (Wildman–Crippen LogP) is 5.73. The smallest absolute Gasteiger partial charge is 0.251 e. The van der Waals surface area contributed by atoms with E-state index in [-0.39, 0.29) is 5.91 Å². The van der Waals surface area contributed by atoms with Gasteiger partial charge in [-0.2, -0.15) is 0 Å². The molecule has 0 bridgehead atoms. The summed E-state index contributed by atoms with van der Waals surface area (Å²) < 4.78 is 0. The van der Waals surface area contributed by atoms with Crippen LogP contribution in [0.4, 0.5) is 11.5 Å². The number of amides is 1. The van der Waals surface area contributed by atoms with Crippen molar-refractivity contribution in [2.45, 2.75) is 17.5 Å². The molecule has 0 aliphatic carbocycles. The molecule has 0 radical (unpaired) electrons. The number of benzene rings is 2. The summed E-state index contributed by atoms with van der Waals surface area (Å²) in [6.45, 7) is 3.78. The fourth-order valence-electron chi connectivity index (χ4n) is 4.15. The Labute approximate surface area is 236 Å². The second-order valence-corrected chi connectivity index (χ2v) is 10.5. The Kier molecular flexibility index (Phi) is 8.63. The Morgan fingerprint density at radius 1 is 0.895 bits per heavy atom. The van der Waals surface area contributed by atoms with Crippen molar-refractivity contribution in [3.63, 3.8) is 0 Å². The Bertz CT molecular complexity index is 1380. The van der Waals surface area contributed by atoms with Crippen molar-refractivity contribution in [1.29, 1.82) is 0 Å². The lowest BCUT2D eigenvalue weighted by Gasteiger charge is -2.36. The van der Waals surface area contributed by atoms with Gasteiger partial charge in [0, 0.05) is 60.5 Å². The fourth-order valence-corrected chi connectivity index (χ4v) is 5.38. The van der Waals surface area contributed by atoms with Gasteiger partial charge in [0.1, 0.15) is 11.0 Å². The third-order valence-electron chi connectivity index (χ3n) is 6.18. The largest absolute Gasteiger partial charge is 0.368 e. The number of halogens is 2. The molecule has 10 heteroatoms. The standard InChI is InChI=1S/C28H26Cl2N6OS/c29-22-4-3-6-24(16-22)35-12-14-36(15-13-35)26-17-25(30)33-28(34-26)38-19-20-7-9-21(10-8-20)27(37)32-18-23-5-1-2-11-31-23/h1-11,16-17H,12-15,18-19H2,(H,32,37). The molecule has 3 heterocycles. The highest BCUT2D eigenvalue weighted by Crippen LogP contribution is 2.27. The molecule has 1 saturated heterocycles. The quantitative estimate of drug-likeness (QED) is 0.166. The fraction of sp³-hybridized carbons (Fsp3) is 0.214. The minimum atomic E-state index is -0.131. The number of pyridine rings is 1. The van der Waals surface area contributed by atoms with Gasteiger partial charge in [-0.05, 0) is 48.0 Å². The summed E-state index contributed by atoms with van der Waals surface area (Å²) in [6, 6.07) is 22.9. The van der Waals surface area contributed by atoms with Crippen LogP contribution in [0.5, 0.6) is 0 Å². The first-order valence-corrected chi connectivity index (χ1v) is 14.0. The van der Waals surface area contributed by atoms with Crippen molar-refractivity contribution in [3.8, 4) is 0 Å². The lowest BCUT2D eigenvalue weighted by atomic mass is 10.1. The monoisotopic (exact) mass is 564 g/mol. The lowest BCUT2D eigenvalue weighted by molar-refractivity contribution is 0.0950. The van der Waals surface area contributed by atoms with Crippen LogP contribution >= 0.6 is 35.0 Å². The Balaban J connectivity index is 1.15. The van der Waals surface area contributed by atoms with Gasteiger partial charge in [0.05, 0.1) is 12.2 Å². The zero-order valence-corrected chi connectivity index (χ0v) is 22.9. The molecule has 1 N–H and O–H groups in total. The number of carbonyl (C=O) groups is 1. The molecule has 0 unspecified atom stereocenters. The molecule has 4 aromatic rings. The molecule has 0 saturated carbocycles. The molecule has 0 atom stereocenters. The number of nitrogens with zero attached hydrogens (tertiary/aromatic N) is 5. The van der Waals surface area contributed by atoms with Crippen molar-refractivity contribution in [1.82, 2.24) is 20.3 Å². The number of piperazine rings is 1. The zero-order valence-electron chi connectivity index (χ0n) is 20.6. The third kappa shape index (κ3) is 6.95. The van der Waals surface area contributed by atoms with Crippen molar-refractivity contribution in [2.75, 3.05) is 36.0 Å². The summed E-state index contributed by atoms with van der Waals surface area (Å²) in [4.78, 5) is 30.4. The van der Waals surface area contributed by atoms with Crippen LogP contribution in [0.1, 0.15) is 21.6 Å². The van der Waals surface area contributed by atoms with E-state index in [0.29, 0.717) is 28.2 Å². The van der Waals surface area contributed by atoms with Crippen LogP contribution < -0.4 is 15.1 Å². The Morgan fingerprint density at radius 3 is 2.42 bits per heavy atom. The maximum absolute atomic E-state index is 12.5. The average Bonchev–Trinajstić information content (AvgIpc) is 2.95. The van der Waals surface area contributed by atoms with Gasteiger partial charge in [-0.3, -0.25) is 9.78 Å². The van der Waals surface area contributed by atoms with Crippen LogP contribution in [-0.4, -0.2) is 47.0 Å². The highest BCUT2D eigenvalue weighted by atomic mass is 35.5. The summed E-state index contributed by atoms with van der Waals surface area (Å²) in [5, 5.41) is 4.69. The number of nitrogens with one attached hydrogen (secondary N) is 1. The molecule has 38 heavy (non-hydrogen) atoms. The van der Waals surface area contributed by atoms with Gasteiger partial charge in [-0.25, -0.2) is 9.97 Å². The lowest BCUT2D eigenvalue weighted by Crippen LogP contribution is -2.46. The van der Waals surface area contributed by atoms with E-state index >= 15 is 0 Å². The van der Waals surface area contributed by atoms with Gasteiger partial charge >= 0.3 is 0 Å².